The van der Waals surface area contributed by atoms with Gasteiger partial charge in [0.2, 0.25) is 0 Å². The second kappa shape index (κ2) is 10.9. The number of ether oxygens (including phenoxy) is 2. The van der Waals surface area contributed by atoms with Crippen LogP contribution < -0.4 is 14.8 Å². The highest BCUT2D eigenvalue weighted by atomic mass is 16.5. The van der Waals surface area contributed by atoms with E-state index in [0.29, 0.717) is 25.3 Å². The van der Waals surface area contributed by atoms with Gasteiger partial charge in [-0.15, -0.1) is 0 Å². The van der Waals surface area contributed by atoms with Crippen molar-refractivity contribution in [2.24, 2.45) is 0 Å². The first kappa shape index (κ1) is 22.8. The fourth-order valence-corrected chi connectivity index (χ4v) is 3.18. The number of hydrogen-bond acceptors (Lipinski definition) is 3. The Morgan fingerprint density at radius 3 is 2.41 bits per heavy atom. The summed E-state index contributed by atoms with van der Waals surface area (Å²) < 4.78 is 11.9. The number of carbonyl (C=O) groups excluding carboxylic acids is 1. The molecule has 0 saturated heterocycles. The van der Waals surface area contributed by atoms with Gasteiger partial charge < -0.3 is 14.8 Å². The van der Waals surface area contributed by atoms with Gasteiger partial charge in [0.25, 0.3) is 5.91 Å². The lowest BCUT2D eigenvalue weighted by atomic mass is 9.86. The molecule has 2 rings (SSSR count). The summed E-state index contributed by atoms with van der Waals surface area (Å²) >= 11 is 0. The van der Waals surface area contributed by atoms with Crippen LogP contribution >= 0.6 is 0 Å². The standard InChI is InChI=1S/C25H35NO3/c1-6-8-11-16-26-24(27)19-14-15-22(28-7-2)20(17-19)18-29-23-13-10-9-12-21(23)25(3,4)5/h9-10,12-15,17H,6-8,11,16,18H2,1-5H3,(H,26,27). The summed E-state index contributed by atoms with van der Waals surface area (Å²) in [5, 5.41) is 2.99. The van der Waals surface area contributed by atoms with E-state index in [1.54, 1.807) is 0 Å². The van der Waals surface area contributed by atoms with Crippen LogP contribution in [0.4, 0.5) is 0 Å². The largest absolute Gasteiger partial charge is 0.493 e. The van der Waals surface area contributed by atoms with Crippen molar-refractivity contribution in [3.05, 3.63) is 59.2 Å². The zero-order valence-corrected chi connectivity index (χ0v) is 18.5. The van der Waals surface area contributed by atoms with Crippen molar-refractivity contribution in [2.75, 3.05) is 13.2 Å². The molecule has 0 unspecified atom stereocenters. The van der Waals surface area contributed by atoms with Crippen molar-refractivity contribution in [3.63, 3.8) is 0 Å². The Kier molecular flexibility index (Phi) is 8.56. The predicted octanol–water partition coefficient (Wildman–Crippen LogP) is 5.88. The molecule has 29 heavy (non-hydrogen) atoms. The maximum Gasteiger partial charge on any atom is 0.251 e. The Balaban J connectivity index is 2.17. The van der Waals surface area contributed by atoms with E-state index in [-0.39, 0.29) is 11.3 Å². The van der Waals surface area contributed by atoms with Gasteiger partial charge >= 0.3 is 0 Å². The number of carbonyl (C=O) groups is 1. The van der Waals surface area contributed by atoms with Gasteiger partial charge in [0.05, 0.1) is 6.61 Å². The van der Waals surface area contributed by atoms with Gasteiger partial charge in [0, 0.05) is 17.7 Å². The van der Waals surface area contributed by atoms with Crippen LogP contribution in [0.5, 0.6) is 11.5 Å². The van der Waals surface area contributed by atoms with Gasteiger partial charge in [-0.25, -0.2) is 0 Å². The number of amides is 1. The van der Waals surface area contributed by atoms with Gasteiger partial charge in [-0.05, 0) is 48.6 Å². The van der Waals surface area contributed by atoms with Crippen LogP contribution in [0, 0.1) is 0 Å². The lowest BCUT2D eigenvalue weighted by Gasteiger charge is -2.23. The lowest BCUT2D eigenvalue weighted by Crippen LogP contribution is -2.24. The van der Waals surface area contributed by atoms with Gasteiger partial charge in [-0.2, -0.15) is 0 Å². The van der Waals surface area contributed by atoms with Gasteiger partial charge in [-0.1, -0.05) is 58.7 Å². The van der Waals surface area contributed by atoms with Crippen LogP contribution in [0.1, 0.15) is 75.4 Å². The molecule has 0 fully saturated rings. The van der Waals surface area contributed by atoms with Crippen LogP contribution in [0.3, 0.4) is 0 Å². The summed E-state index contributed by atoms with van der Waals surface area (Å²) in [6, 6.07) is 13.6. The van der Waals surface area contributed by atoms with Crippen molar-refractivity contribution >= 4 is 5.91 Å². The second-order valence-corrected chi connectivity index (χ2v) is 8.25. The van der Waals surface area contributed by atoms with Crippen molar-refractivity contribution in [1.29, 1.82) is 0 Å². The van der Waals surface area contributed by atoms with Crippen molar-refractivity contribution in [3.8, 4) is 11.5 Å². The average molecular weight is 398 g/mol. The summed E-state index contributed by atoms with van der Waals surface area (Å²) in [4.78, 5) is 12.5. The fraction of sp³-hybridized carbons (Fsp3) is 0.480. The molecule has 0 saturated carbocycles. The molecule has 0 bridgehead atoms. The third-order valence-corrected chi connectivity index (χ3v) is 4.77. The van der Waals surface area contributed by atoms with Crippen LogP contribution in [0.15, 0.2) is 42.5 Å². The molecule has 4 heteroatoms. The Labute approximate surface area is 175 Å². The first-order valence-corrected chi connectivity index (χ1v) is 10.6. The number of rotatable bonds is 10. The van der Waals surface area contributed by atoms with E-state index in [2.05, 4.69) is 39.1 Å². The SMILES string of the molecule is CCCCCNC(=O)c1ccc(OCC)c(COc2ccccc2C(C)(C)C)c1. The molecular formula is C25H35NO3. The minimum Gasteiger partial charge on any atom is -0.493 e. The summed E-state index contributed by atoms with van der Waals surface area (Å²) in [6.07, 6.45) is 3.26. The number of nitrogens with one attached hydrogen (secondary N) is 1. The molecule has 0 spiro atoms. The zero-order chi connectivity index (χ0) is 21.3. The molecule has 158 valence electrons. The molecule has 0 aliphatic heterocycles. The molecule has 2 aromatic carbocycles. The third-order valence-electron chi connectivity index (χ3n) is 4.77. The van der Waals surface area contributed by atoms with E-state index in [4.69, 9.17) is 9.47 Å². The van der Waals surface area contributed by atoms with Crippen LogP contribution in [0.2, 0.25) is 0 Å². The fourth-order valence-electron chi connectivity index (χ4n) is 3.18. The van der Waals surface area contributed by atoms with E-state index in [0.717, 1.165) is 41.9 Å². The summed E-state index contributed by atoms with van der Waals surface area (Å²) in [5.74, 6) is 1.56. The Hall–Kier alpha value is -2.49. The molecule has 1 N–H and O–H groups in total. The monoisotopic (exact) mass is 397 g/mol. The van der Waals surface area contributed by atoms with E-state index in [1.165, 1.54) is 0 Å². The van der Waals surface area contributed by atoms with Crippen LogP contribution in [0.25, 0.3) is 0 Å². The molecule has 0 radical (unpaired) electrons. The molecular weight excluding hydrogens is 362 g/mol. The van der Waals surface area contributed by atoms with Crippen LogP contribution in [-0.4, -0.2) is 19.1 Å². The Morgan fingerprint density at radius 1 is 0.966 bits per heavy atom. The quantitative estimate of drug-likeness (QED) is 0.509. The van der Waals surface area contributed by atoms with Crippen LogP contribution in [-0.2, 0) is 12.0 Å². The smallest absolute Gasteiger partial charge is 0.251 e. The molecule has 0 aliphatic carbocycles. The first-order chi connectivity index (χ1) is 13.9. The summed E-state index contributed by atoms with van der Waals surface area (Å²) in [5.41, 5.74) is 2.65. The van der Waals surface area contributed by atoms with E-state index >= 15 is 0 Å². The highest BCUT2D eigenvalue weighted by Crippen LogP contribution is 2.32. The first-order valence-electron chi connectivity index (χ1n) is 10.6. The molecule has 0 aromatic heterocycles. The van der Waals surface area contributed by atoms with Crippen molar-refractivity contribution in [1.82, 2.24) is 5.32 Å². The molecule has 2 aromatic rings. The van der Waals surface area contributed by atoms with E-state index in [9.17, 15) is 4.79 Å². The van der Waals surface area contributed by atoms with E-state index < -0.39 is 0 Å². The van der Waals surface area contributed by atoms with Gasteiger partial charge in [0.1, 0.15) is 18.1 Å². The van der Waals surface area contributed by atoms with Gasteiger partial charge in [-0.3, -0.25) is 4.79 Å². The number of benzene rings is 2. The number of unbranched alkanes of at least 4 members (excludes halogenated alkanes) is 2. The maximum atomic E-state index is 12.5. The Bertz CT molecular complexity index is 793. The lowest BCUT2D eigenvalue weighted by molar-refractivity contribution is 0.0952. The molecule has 4 nitrogen and oxygen atoms in total. The van der Waals surface area contributed by atoms with Crippen molar-refractivity contribution in [2.45, 2.75) is 65.9 Å². The minimum atomic E-state index is -0.0551. The predicted molar refractivity (Wildman–Crippen MR) is 119 cm³/mol. The highest BCUT2D eigenvalue weighted by molar-refractivity contribution is 5.94. The maximum absolute atomic E-state index is 12.5. The minimum absolute atomic E-state index is 0.0143. The van der Waals surface area contributed by atoms with Gasteiger partial charge in [0.15, 0.2) is 0 Å². The third kappa shape index (κ3) is 6.81. The number of hydrogen-bond donors (Lipinski definition) is 1. The molecule has 0 atom stereocenters. The summed E-state index contributed by atoms with van der Waals surface area (Å²) in [6.45, 7) is 12.2. The Morgan fingerprint density at radius 2 is 1.72 bits per heavy atom. The van der Waals surface area contributed by atoms with Crippen molar-refractivity contribution < 1.29 is 14.3 Å². The highest BCUT2D eigenvalue weighted by Gasteiger charge is 2.19. The average Bonchev–Trinajstić information content (AvgIpc) is 2.70. The molecule has 0 heterocycles. The number of para-hydroxylation sites is 1. The normalized spacial score (nSPS) is 11.2. The zero-order valence-electron chi connectivity index (χ0n) is 18.5. The second-order valence-electron chi connectivity index (χ2n) is 8.25. The molecule has 0 aliphatic rings. The topological polar surface area (TPSA) is 47.6 Å². The summed E-state index contributed by atoms with van der Waals surface area (Å²) in [7, 11) is 0. The van der Waals surface area contributed by atoms with E-state index in [1.807, 2.05) is 43.3 Å². The molecule has 1 amide bonds.